The Morgan fingerprint density at radius 3 is 2.25 bits per heavy atom. The lowest BCUT2D eigenvalue weighted by molar-refractivity contribution is -0.127. The lowest BCUT2D eigenvalue weighted by Crippen LogP contribution is -2.49. The summed E-state index contributed by atoms with van der Waals surface area (Å²) in [6.45, 7) is 15.2. The van der Waals surface area contributed by atoms with Crippen LogP contribution < -0.4 is 5.32 Å². The van der Waals surface area contributed by atoms with E-state index in [2.05, 4.69) is 17.1 Å². The van der Waals surface area contributed by atoms with Gasteiger partial charge in [0.2, 0.25) is 5.91 Å². The predicted octanol–water partition coefficient (Wildman–Crippen LogP) is 4.35. The highest BCUT2D eigenvalue weighted by Crippen LogP contribution is 2.28. The zero-order valence-corrected chi connectivity index (χ0v) is 20.6. The summed E-state index contributed by atoms with van der Waals surface area (Å²) in [6, 6.07) is 5.12. The fraction of sp³-hybridized carbons (Fsp3) is 0.692. The van der Waals surface area contributed by atoms with Crippen LogP contribution in [0.15, 0.2) is 18.2 Å². The van der Waals surface area contributed by atoms with E-state index in [9.17, 15) is 9.59 Å². The van der Waals surface area contributed by atoms with Crippen molar-refractivity contribution in [2.45, 2.75) is 84.2 Å². The van der Waals surface area contributed by atoms with E-state index in [1.165, 1.54) is 25.0 Å². The Hall–Kier alpha value is -1.95. The van der Waals surface area contributed by atoms with Gasteiger partial charge in [0.15, 0.2) is 0 Å². The maximum atomic E-state index is 15.0. The van der Waals surface area contributed by atoms with E-state index in [4.69, 9.17) is 0 Å². The summed E-state index contributed by atoms with van der Waals surface area (Å²) in [6.07, 6.45) is 4.44. The van der Waals surface area contributed by atoms with Crippen molar-refractivity contribution in [1.82, 2.24) is 15.1 Å². The van der Waals surface area contributed by atoms with E-state index < -0.39 is 11.2 Å². The summed E-state index contributed by atoms with van der Waals surface area (Å²) in [4.78, 5) is 30.1. The number of halogens is 1. The lowest BCUT2D eigenvalue weighted by atomic mass is 9.82. The molecule has 0 saturated carbocycles. The normalized spacial score (nSPS) is 21.5. The third-order valence-corrected chi connectivity index (χ3v) is 6.93. The van der Waals surface area contributed by atoms with Crippen LogP contribution in [0, 0.1) is 11.7 Å². The molecule has 3 rings (SSSR count). The first-order valence-corrected chi connectivity index (χ1v) is 12.0. The first-order chi connectivity index (χ1) is 14.9. The van der Waals surface area contributed by atoms with Crippen LogP contribution >= 0.6 is 0 Å². The molecule has 5 nitrogen and oxygen atoms in total. The van der Waals surface area contributed by atoms with Crippen LogP contribution in [-0.4, -0.2) is 59.4 Å². The lowest BCUT2D eigenvalue weighted by Gasteiger charge is -2.41. The van der Waals surface area contributed by atoms with Crippen LogP contribution in [0.5, 0.6) is 0 Å². The van der Waals surface area contributed by atoms with Gasteiger partial charge in [0, 0.05) is 31.2 Å². The number of nitrogens with one attached hydrogen (secondary N) is 1. The highest BCUT2D eigenvalue weighted by molar-refractivity contribution is 5.95. The zero-order valence-electron chi connectivity index (χ0n) is 20.6. The molecule has 6 heteroatoms. The molecule has 2 aliphatic heterocycles. The number of likely N-dealkylation sites (tertiary alicyclic amines) is 2. The first-order valence-electron chi connectivity index (χ1n) is 12.0. The van der Waals surface area contributed by atoms with E-state index in [1.54, 1.807) is 24.8 Å². The number of hydrogen-bond donors (Lipinski definition) is 1. The number of benzene rings is 1. The Bertz CT molecular complexity index is 838. The van der Waals surface area contributed by atoms with Crippen molar-refractivity contribution in [2.75, 3.05) is 26.2 Å². The largest absolute Gasteiger partial charge is 0.351 e. The van der Waals surface area contributed by atoms with Crippen molar-refractivity contribution >= 4 is 11.8 Å². The Balaban J connectivity index is 1.65. The molecule has 2 amide bonds. The van der Waals surface area contributed by atoms with Gasteiger partial charge in [0.1, 0.15) is 5.82 Å². The summed E-state index contributed by atoms with van der Waals surface area (Å²) in [5.74, 6) is -0.240. The average Bonchev–Trinajstić information content (AvgIpc) is 2.72. The number of amides is 2. The van der Waals surface area contributed by atoms with Gasteiger partial charge in [-0.3, -0.25) is 14.5 Å². The summed E-state index contributed by atoms with van der Waals surface area (Å²) in [5, 5.41) is 2.96. The van der Waals surface area contributed by atoms with Crippen LogP contribution in [0.2, 0.25) is 0 Å². The molecule has 1 aromatic rings. The number of carbonyl (C=O) groups excluding carboxylic acids is 2. The molecule has 0 aromatic heterocycles. The van der Waals surface area contributed by atoms with Crippen molar-refractivity contribution in [2.24, 2.45) is 5.92 Å². The number of rotatable bonds is 4. The molecule has 1 aromatic carbocycles. The molecule has 32 heavy (non-hydrogen) atoms. The highest BCUT2D eigenvalue weighted by Gasteiger charge is 2.34. The molecular formula is C26H40FN3O2. The summed E-state index contributed by atoms with van der Waals surface area (Å²) >= 11 is 0. The Morgan fingerprint density at radius 2 is 1.69 bits per heavy atom. The predicted molar refractivity (Wildman–Crippen MR) is 126 cm³/mol. The Morgan fingerprint density at radius 1 is 1.03 bits per heavy atom. The Labute approximate surface area is 192 Å². The summed E-state index contributed by atoms with van der Waals surface area (Å²) < 4.78 is 15.0. The van der Waals surface area contributed by atoms with Crippen molar-refractivity contribution in [3.8, 4) is 0 Å². The van der Waals surface area contributed by atoms with E-state index in [-0.39, 0.29) is 22.9 Å². The molecule has 2 saturated heterocycles. The van der Waals surface area contributed by atoms with E-state index in [1.807, 2.05) is 20.8 Å². The third-order valence-electron chi connectivity index (χ3n) is 6.93. The smallest absolute Gasteiger partial charge is 0.256 e. The van der Waals surface area contributed by atoms with E-state index in [0.717, 1.165) is 31.8 Å². The molecule has 1 N–H and O–H groups in total. The zero-order chi connectivity index (χ0) is 23.7. The molecule has 2 fully saturated rings. The quantitative estimate of drug-likeness (QED) is 0.749. The van der Waals surface area contributed by atoms with Crippen LogP contribution in [0.1, 0.15) is 83.1 Å². The van der Waals surface area contributed by atoms with Crippen molar-refractivity contribution in [3.05, 3.63) is 35.1 Å². The van der Waals surface area contributed by atoms with Gasteiger partial charge in [-0.05, 0) is 90.5 Å². The highest BCUT2D eigenvalue weighted by atomic mass is 19.1. The second-order valence-corrected chi connectivity index (χ2v) is 11.3. The van der Waals surface area contributed by atoms with Gasteiger partial charge >= 0.3 is 0 Å². The molecule has 2 heterocycles. The molecule has 178 valence electrons. The first kappa shape index (κ1) is 24.7. The number of nitrogens with zero attached hydrogens (tertiary/aromatic N) is 2. The molecule has 0 spiro atoms. The molecular weight excluding hydrogens is 405 g/mol. The van der Waals surface area contributed by atoms with Crippen LogP contribution in [0.4, 0.5) is 4.39 Å². The standard InChI is InChI=1S/C26H40FN3O2/c1-18-8-7-13-30(17-18)20-11-14-29(15-12-20)23(31)21-10-9-19(16-22(21)27)26(5,6)24(32)28-25(2,3)4/h9-10,16,18,20H,7-8,11-15,17H2,1-6H3,(H,28,32). The number of hydrogen-bond acceptors (Lipinski definition) is 3. The minimum atomic E-state index is -0.903. The number of piperidine rings is 2. The maximum Gasteiger partial charge on any atom is 0.256 e. The fourth-order valence-electron chi connectivity index (χ4n) is 4.87. The topological polar surface area (TPSA) is 52.7 Å². The van der Waals surface area contributed by atoms with E-state index >= 15 is 4.39 Å². The van der Waals surface area contributed by atoms with Gasteiger partial charge in [-0.1, -0.05) is 13.0 Å². The molecule has 1 unspecified atom stereocenters. The minimum absolute atomic E-state index is 0.0887. The van der Waals surface area contributed by atoms with Crippen molar-refractivity contribution < 1.29 is 14.0 Å². The van der Waals surface area contributed by atoms with Gasteiger partial charge in [0.25, 0.3) is 5.91 Å². The van der Waals surface area contributed by atoms with Gasteiger partial charge in [-0.15, -0.1) is 0 Å². The van der Waals surface area contributed by atoms with Crippen LogP contribution in [0.3, 0.4) is 0 Å². The SMILES string of the molecule is CC1CCCN(C2CCN(C(=O)c3ccc(C(C)(C)C(=O)NC(C)(C)C)cc3F)CC2)C1. The van der Waals surface area contributed by atoms with Crippen molar-refractivity contribution in [1.29, 1.82) is 0 Å². The second-order valence-electron chi connectivity index (χ2n) is 11.3. The fourth-order valence-corrected chi connectivity index (χ4v) is 4.87. The molecule has 1 atom stereocenters. The van der Waals surface area contributed by atoms with Crippen molar-refractivity contribution in [3.63, 3.8) is 0 Å². The maximum absolute atomic E-state index is 15.0. The molecule has 0 radical (unpaired) electrons. The van der Waals surface area contributed by atoms with Crippen LogP contribution in [0.25, 0.3) is 0 Å². The monoisotopic (exact) mass is 445 g/mol. The molecule has 0 bridgehead atoms. The van der Waals surface area contributed by atoms with Gasteiger partial charge in [0.05, 0.1) is 11.0 Å². The van der Waals surface area contributed by atoms with E-state index in [0.29, 0.717) is 24.7 Å². The van der Waals surface area contributed by atoms with Gasteiger partial charge in [-0.2, -0.15) is 0 Å². The summed E-state index contributed by atoms with van der Waals surface area (Å²) in [5.41, 5.74) is -0.627. The Kier molecular flexibility index (Phi) is 7.33. The third kappa shape index (κ3) is 5.69. The van der Waals surface area contributed by atoms with Gasteiger partial charge in [-0.25, -0.2) is 4.39 Å². The minimum Gasteiger partial charge on any atom is -0.351 e. The van der Waals surface area contributed by atoms with Gasteiger partial charge < -0.3 is 10.2 Å². The molecule has 2 aliphatic rings. The second kappa shape index (κ2) is 9.50. The number of carbonyl (C=O) groups is 2. The average molecular weight is 446 g/mol. The molecule has 0 aliphatic carbocycles. The summed E-state index contributed by atoms with van der Waals surface area (Å²) in [7, 11) is 0. The van der Waals surface area contributed by atoms with Crippen LogP contribution in [-0.2, 0) is 10.2 Å².